The van der Waals surface area contributed by atoms with Crippen molar-refractivity contribution < 1.29 is 4.74 Å². The van der Waals surface area contributed by atoms with Gasteiger partial charge in [-0.05, 0) is 45.5 Å². The molecule has 20 heavy (non-hydrogen) atoms. The Morgan fingerprint density at radius 1 is 1.45 bits per heavy atom. The Hall–Kier alpha value is -1.13. The lowest BCUT2D eigenvalue weighted by molar-refractivity contribution is 0.122. The molecule has 0 bridgehead atoms. The number of likely N-dealkylation sites (tertiary alicyclic amines) is 1. The topological polar surface area (TPSA) is 37.4 Å². The molecule has 0 aliphatic carbocycles. The van der Waals surface area contributed by atoms with Crippen LogP contribution in [0.25, 0.3) is 0 Å². The van der Waals surface area contributed by atoms with Crippen molar-refractivity contribution in [1.29, 1.82) is 0 Å². The highest BCUT2D eigenvalue weighted by atomic mass is 16.5. The molecule has 4 heteroatoms. The highest BCUT2D eigenvalue weighted by molar-refractivity contribution is 5.25. The molecule has 0 spiro atoms. The van der Waals surface area contributed by atoms with E-state index in [1.165, 1.54) is 25.8 Å². The van der Waals surface area contributed by atoms with Crippen LogP contribution in [0.5, 0.6) is 5.88 Å². The molecule has 1 aliphatic rings. The zero-order valence-corrected chi connectivity index (χ0v) is 12.8. The Labute approximate surface area is 122 Å². The number of pyridine rings is 1. The van der Waals surface area contributed by atoms with E-state index in [2.05, 4.69) is 35.2 Å². The lowest BCUT2D eigenvalue weighted by Gasteiger charge is -2.32. The predicted octanol–water partition coefficient (Wildman–Crippen LogP) is 2.44. The Morgan fingerprint density at radius 2 is 2.35 bits per heavy atom. The molecule has 2 rings (SSSR count). The predicted molar refractivity (Wildman–Crippen MR) is 82.0 cm³/mol. The second-order valence-corrected chi connectivity index (χ2v) is 5.59. The van der Waals surface area contributed by atoms with E-state index in [-0.39, 0.29) is 0 Å². The van der Waals surface area contributed by atoms with Gasteiger partial charge in [0.05, 0.1) is 0 Å². The van der Waals surface area contributed by atoms with Crippen molar-refractivity contribution in [2.45, 2.75) is 45.2 Å². The summed E-state index contributed by atoms with van der Waals surface area (Å²) >= 11 is 0. The molecule has 0 radical (unpaired) electrons. The van der Waals surface area contributed by atoms with Crippen LogP contribution in [0.2, 0.25) is 0 Å². The van der Waals surface area contributed by atoms with Gasteiger partial charge in [0, 0.05) is 24.3 Å². The van der Waals surface area contributed by atoms with Gasteiger partial charge in [-0.3, -0.25) is 0 Å². The summed E-state index contributed by atoms with van der Waals surface area (Å²) in [4.78, 5) is 6.79. The highest BCUT2D eigenvalue weighted by Gasteiger charge is 2.19. The number of nitrogens with one attached hydrogen (secondary N) is 1. The van der Waals surface area contributed by atoms with Gasteiger partial charge < -0.3 is 15.0 Å². The van der Waals surface area contributed by atoms with Crippen LogP contribution >= 0.6 is 0 Å². The van der Waals surface area contributed by atoms with Crippen molar-refractivity contribution in [2.24, 2.45) is 0 Å². The molecule has 0 amide bonds. The third kappa shape index (κ3) is 4.46. The summed E-state index contributed by atoms with van der Waals surface area (Å²) in [5.74, 6) is 0.787. The Kier molecular flexibility index (Phi) is 6.27. The van der Waals surface area contributed by atoms with Crippen LogP contribution in [0.3, 0.4) is 0 Å². The maximum atomic E-state index is 5.98. The summed E-state index contributed by atoms with van der Waals surface area (Å²) in [6.07, 6.45) is 6.80. The van der Waals surface area contributed by atoms with Crippen LogP contribution < -0.4 is 10.1 Å². The first-order chi connectivity index (χ1) is 9.81. The molecule has 1 atom stereocenters. The molecule has 0 saturated carbocycles. The van der Waals surface area contributed by atoms with E-state index in [4.69, 9.17) is 4.74 Å². The van der Waals surface area contributed by atoms with Gasteiger partial charge in [-0.15, -0.1) is 0 Å². The van der Waals surface area contributed by atoms with Crippen molar-refractivity contribution in [3.8, 4) is 5.88 Å². The summed E-state index contributed by atoms with van der Waals surface area (Å²) in [5, 5.41) is 3.41. The molecule has 2 heterocycles. The highest BCUT2D eigenvalue weighted by Crippen LogP contribution is 2.18. The van der Waals surface area contributed by atoms with Gasteiger partial charge >= 0.3 is 0 Å². The van der Waals surface area contributed by atoms with Gasteiger partial charge in [-0.25, -0.2) is 4.98 Å². The third-order valence-corrected chi connectivity index (χ3v) is 3.93. The quantitative estimate of drug-likeness (QED) is 0.777. The Morgan fingerprint density at radius 3 is 3.15 bits per heavy atom. The first kappa shape index (κ1) is 15.3. The molecule has 1 fully saturated rings. The van der Waals surface area contributed by atoms with E-state index in [1.54, 1.807) is 0 Å². The first-order valence-corrected chi connectivity index (χ1v) is 7.79. The van der Waals surface area contributed by atoms with Gasteiger partial charge in [0.2, 0.25) is 5.88 Å². The second kappa shape index (κ2) is 8.22. The fourth-order valence-corrected chi connectivity index (χ4v) is 2.62. The number of aromatic nitrogens is 1. The minimum Gasteiger partial charge on any atom is -0.476 e. The number of piperidine rings is 1. The molecule has 1 aromatic heterocycles. The monoisotopic (exact) mass is 277 g/mol. The van der Waals surface area contributed by atoms with E-state index in [9.17, 15) is 0 Å². The van der Waals surface area contributed by atoms with Gasteiger partial charge in [-0.2, -0.15) is 0 Å². The van der Waals surface area contributed by atoms with Crippen LogP contribution in [0.15, 0.2) is 18.3 Å². The summed E-state index contributed by atoms with van der Waals surface area (Å²) in [6.45, 7) is 5.96. The SMILES string of the molecule is CCCNCc1cccnc1OCC1CCCCN1C. The molecule has 0 aromatic carbocycles. The van der Waals surface area contributed by atoms with E-state index in [0.29, 0.717) is 6.04 Å². The molecule has 1 aromatic rings. The Balaban J connectivity index is 1.88. The zero-order valence-electron chi connectivity index (χ0n) is 12.8. The minimum atomic E-state index is 0.530. The molecule has 1 aliphatic heterocycles. The fraction of sp³-hybridized carbons (Fsp3) is 0.688. The summed E-state index contributed by atoms with van der Waals surface area (Å²) < 4.78 is 5.98. The van der Waals surface area contributed by atoms with Crippen LogP contribution in [-0.4, -0.2) is 42.7 Å². The van der Waals surface area contributed by atoms with Crippen LogP contribution in [0.1, 0.15) is 38.2 Å². The van der Waals surface area contributed by atoms with Crippen molar-refractivity contribution >= 4 is 0 Å². The van der Waals surface area contributed by atoms with E-state index in [0.717, 1.165) is 37.6 Å². The maximum Gasteiger partial charge on any atom is 0.217 e. The van der Waals surface area contributed by atoms with Crippen LogP contribution in [-0.2, 0) is 6.54 Å². The van der Waals surface area contributed by atoms with Crippen molar-refractivity contribution in [2.75, 3.05) is 26.7 Å². The number of rotatable bonds is 7. The van der Waals surface area contributed by atoms with Gasteiger partial charge in [0.1, 0.15) is 6.61 Å². The standard InChI is InChI=1S/C16H27N3O/c1-3-9-17-12-14-7-6-10-18-16(14)20-13-15-8-4-5-11-19(15)2/h6-7,10,15,17H,3-5,8-9,11-13H2,1-2H3. The number of hydrogen-bond donors (Lipinski definition) is 1. The van der Waals surface area contributed by atoms with E-state index < -0.39 is 0 Å². The minimum absolute atomic E-state index is 0.530. The normalized spacial score (nSPS) is 20.0. The Bertz CT molecular complexity index is 397. The lowest BCUT2D eigenvalue weighted by atomic mass is 10.0. The number of hydrogen-bond acceptors (Lipinski definition) is 4. The average Bonchev–Trinajstić information content (AvgIpc) is 2.48. The second-order valence-electron chi connectivity index (χ2n) is 5.59. The van der Waals surface area contributed by atoms with Gasteiger partial charge in [-0.1, -0.05) is 19.4 Å². The summed E-state index contributed by atoms with van der Waals surface area (Å²) in [6, 6.07) is 4.60. The summed E-state index contributed by atoms with van der Waals surface area (Å²) in [5.41, 5.74) is 1.15. The molecule has 112 valence electrons. The molecular formula is C16H27N3O. The first-order valence-electron chi connectivity index (χ1n) is 7.79. The lowest BCUT2D eigenvalue weighted by Crippen LogP contribution is -2.40. The molecular weight excluding hydrogens is 250 g/mol. The third-order valence-electron chi connectivity index (χ3n) is 3.93. The van der Waals surface area contributed by atoms with Crippen LogP contribution in [0, 0.1) is 0 Å². The van der Waals surface area contributed by atoms with Crippen molar-refractivity contribution in [1.82, 2.24) is 15.2 Å². The average molecular weight is 277 g/mol. The van der Waals surface area contributed by atoms with E-state index in [1.807, 2.05) is 12.3 Å². The largest absolute Gasteiger partial charge is 0.476 e. The molecule has 1 N–H and O–H groups in total. The van der Waals surface area contributed by atoms with Crippen molar-refractivity contribution in [3.63, 3.8) is 0 Å². The fourth-order valence-electron chi connectivity index (χ4n) is 2.62. The summed E-state index contributed by atoms with van der Waals surface area (Å²) in [7, 11) is 2.19. The number of ether oxygens (including phenoxy) is 1. The van der Waals surface area contributed by atoms with Crippen LogP contribution in [0.4, 0.5) is 0 Å². The molecule has 1 saturated heterocycles. The smallest absolute Gasteiger partial charge is 0.217 e. The van der Waals surface area contributed by atoms with Gasteiger partial charge in [0.15, 0.2) is 0 Å². The van der Waals surface area contributed by atoms with E-state index >= 15 is 0 Å². The molecule has 4 nitrogen and oxygen atoms in total. The maximum absolute atomic E-state index is 5.98. The zero-order chi connectivity index (χ0) is 14.2. The number of likely N-dealkylation sites (N-methyl/N-ethyl adjacent to an activating group) is 1. The number of nitrogens with zero attached hydrogens (tertiary/aromatic N) is 2. The molecule has 1 unspecified atom stereocenters. The van der Waals surface area contributed by atoms with Crippen molar-refractivity contribution in [3.05, 3.63) is 23.9 Å². The van der Waals surface area contributed by atoms with Gasteiger partial charge in [0.25, 0.3) is 0 Å².